The van der Waals surface area contributed by atoms with Crippen LogP contribution in [-0.2, 0) is 0 Å². The van der Waals surface area contributed by atoms with Crippen molar-refractivity contribution in [1.82, 2.24) is 10.2 Å². The Labute approximate surface area is 123 Å². The molecule has 1 aromatic carbocycles. The maximum Gasteiger partial charge on any atom is 0.256 e. The molecule has 2 heterocycles. The minimum absolute atomic E-state index is 0.0147. The predicted octanol–water partition coefficient (Wildman–Crippen LogP) is 2.34. The second-order valence-corrected chi connectivity index (χ2v) is 6.13. The molecule has 0 spiro atoms. The summed E-state index contributed by atoms with van der Waals surface area (Å²) in [4.78, 5) is 14.2. The lowest BCUT2D eigenvalue weighted by Crippen LogP contribution is -2.33. The van der Waals surface area contributed by atoms with Crippen LogP contribution in [0.4, 0.5) is 8.78 Å². The van der Waals surface area contributed by atoms with E-state index >= 15 is 0 Å². The number of nitrogens with zero attached hydrogens (tertiary/aromatic N) is 1. The van der Waals surface area contributed by atoms with E-state index in [1.807, 2.05) is 0 Å². The van der Waals surface area contributed by atoms with E-state index in [2.05, 4.69) is 5.32 Å². The van der Waals surface area contributed by atoms with Crippen LogP contribution in [0.25, 0.3) is 0 Å². The Morgan fingerprint density at radius 3 is 2.38 bits per heavy atom. The Morgan fingerprint density at radius 1 is 1.14 bits per heavy atom. The second kappa shape index (κ2) is 5.72. The van der Waals surface area contributed by atoms with Gasteiger partial charge in [0.2, 0.25) is 0 Å². The standard InChI is InChI=1S/C16H20F2N2O/c1-10-6-13(15(18)7-14(10)17)16(21)20-4-2-11-8-19-9-12(11)3-5-20/h6-7,11-12,19H,2-5,8-9H2,1H3/t11-,12+. The molecule has 2 atom stereocenters. The fraction of sp³-hybridized carbons (Fsp3) is 0.562. The van der Waals surface area contributed by atoms with Crippen molar-refractivity contribution in [3.63, 3.8) is 0 Å². The molecule has 2 aliphatic rings. The minimum Gasteiger partial charge on any atom is -0.339 e. The van der Waals surface area contributed by atoms with Crippen LogP contribution in [0.5, 0.6) is 0 Å². The van der Waals surface area contributed by atoms with E-state index in [4.69, 9.17) is 0 Å². The molecular weight excluding hydrogens is 274 g/mol. The molecule has 0 saturated carbocycles. The first-order chi connectivity index (χ1) is 10.1. The zero-order valence-corrected chi connectivity index (χ0v) is 12.2. The first-order valence-corrected chi connectivity index (χ1v) is 7.52. The van der Waals surface area contributed by atoms with E-state index in [0.29, 0.717) is 30.5 Å². The van der Waals surface area contributed by atoms with E-state index in [1.54, 1.807) is 11.8 Å². The van der Waals surface area contributed by atoms with Gasteiger partial charge in [-0.1, -0.05) is 0 Å². The van der Waals surface area contributed by atoms with Gasteiger partial charge in [-0.2, -0.15) is 0 Å². The molecule has 5 heteroatoms. The molecule has 2 fully saturated rings. The number of hydrogen-bond acceptors (Lipinski definition) is 2. The Hall–Kier alpha value is -1.49. The third-order valence-electron chi connectivity index (χ3n) is 4.79. The van der Waals surface area contributed by atoms with Gasteiger partial charge in [0, 0.05) is 19.2 Å². The number of fused-ring (bicyclic) bond motifs is 1. The number of aryl methyl sites for hydroxylation is 1. The van der Waals surface area contributed by atoms with Gasteiger partial charge < -0.3 is 10.2 Å². The number of likely N-dealkylation sites (tertiary alicyclic amines) is 1. The van der Waals surface area contributed by atoms with Crippen molar-refractivity contribution in [1.29, 1.82) is 0 Å². The van der Waals surface area contributed by atoms with Crippen molar-refractivity contribution in [3.8, 4) is 0 Å². The molecule has 114 valence electrons. The Morgan fingerprint density at radius 2 is 1.76 bits per heavy atom. The van der Waals surface area contributed by atoms with Crippen LogP contribution in [0.3, 0.4) is 0 Å². The summed E-state index contributed by atoms with van der Waals surface area (Å²) < 4.78 is 27.2. The zero-order chi connectivity index (χ0) is 15.0. The number of halogens is 2. The summed E-state index contributed by atoms with van der Waals surface area (Å²) >= 11 is 0. The van der Waals surface area contributed by atoms with Crippen molar-refractivity contribution in [2.24, 2.45) is 11.8 Å². The summed E-state index contributed by atoms with van der Waals surface area (Å²) in [7, 11) is 0. The van der Waals surface area contributed by atoms with Crippen molar-refractivity contribution < 1.29 is 13.6 Å². The lowest BCUT2D eigenvalue weighted by atomic mass is 9.92. The second-order valence-electron chi connectivity index (χ2n) is 6.13. The van der Waals surface area contributed by atoms with Crippen LogP contribution in [-0.4, -0.2) is 37.0 Å². The molecule has 0 aromatic heterocycles. The highest BCUT2D eigenvalue weighted by molar-refractivity contribution is 5.94. The smallest absolute Gasteiger partial charge is 0.256 e. The van der Waals surface area contributed by atoms with Gasteiger partial charge in [-0.15, -0.1) is 0 Å². The number of rotatable bonds is 1. The van der Waals surface area contributed by atoms with Crippen LogP contribution in [0.1, 0.15) is 28.8 Å². The highest BCUT2D eigenvalue weighted by atomic mass is 19.1. The third kappa shape index (κ3) is 2.79. The summed E-state index contributed by atoms with van der Waals surface area (Å²) in [6.07, 6.45) is 1.90. The van der Waals surface area contributed by atoms with Crippen LogP contribution >= 0.6 is 0 Å². The van der Waals surface area contributed by atoms with Crippen LogP contribution in [0, 0.1) is 30.4 Å². The fourth-order valence-corrected chi connectivity index (χ4v) is 3.41. The van der Waals surface area contributed by atoms with E-state index in [-0.39, 0.29) is 11.5 Å². The van der Waals surface area contributed by atoms with E-state index < -0.39 is 11.6 Å². The lowest BCUT2D eigenvalue weighted by molar-refractivity contribution is 0.0753. The molecule has 21 heavy (non-hydrogen) atoms. The van der Waals surface area contributed by atoms with Gasteiger partial charge in [-0.25, -0.2) is 8.78 Å². The predicted molar refractivity (Wildman–Crippen MR) is 76.1 cm³/mol. The molecule has 0 aliphatic carbocycles. The fourth-order valence-electron chi connectivity index (χ4n) is 3.41. The van der Waals surface area contributed by atoms with Crippen molar-refractivity contribution in [2.45, 2.75) is 19.8 Å². The maximum atomic E-state index is 13.9. The zero-order valence-electron chi connectivity index (χ0n) is 12.2. The topological polar surface area (TPSA) is 32.3 Å². The number of amides is 1. The number of hydrogen-bond donors (Lipinski definition) is 1. The molecule has 1 N–H and O–H groups in total. The minimum atomic E-state index is -0.769. The normalized spacial score (nSPS) is 25.6. The lowest BCUT2D eigenvalue weighted by Gasteiger charge is -2.21. The SMILES string of the molecule is Cc1cc(C(=O)N2CC[C@@H]3CNC[C@@H]3CC2)c(F)cc1F. The summed E-state index contributed by atoms with van der Waals surface area (Å²) in [5.74, 6) is -0.469. The van der Waals surface area contributed by atoms with Gasteiger partial charge in [0.15, 0.2) is 0 Å². The summed E-state index contributed by atoms with van der Waals surface area (Å²) in [5.41, 5.74) is 0.287. The molecule has 2 aliphatic heterocycles. The van der Waals surface area contributed by atoms with Crippen LogP contribution < -0.4 is 5.32 Å². The summed E-state index contributed by atoms with van der Waals surface area (Å²) in [5, 5.41) is 3.39. The van der Waals surface area contributed by atoms with Gasteiger partial charge >= 0.3 is 0 Å². The molecule has 0 radical (unpaired) electrons. The van der Waals surface area contributed by atoms with Crippen LogP contribution in [0.2, 0.25) is 0 Å². The van der Waals surface area contributed by atoms with Crippen molar-refractivity contribution in [2.75, 3.05) is 26.2 Å². The van der Waals surface area contributed by atoms with Gasteiger partial charge in [-0.3, -0.25) is 4.79 Å². The summed E-state index contributed by atoms with van der Waals surface area (Å²) in [6, 6.07) is 2.12. The van der Waals surface area contributed by atoms with E-state index in [1.165, 1.54) is 6.07 Å². The largest absolute Gasteiger partial charge is 0.339 e. The van der Waals surface area contributed by atoms with E-state index in [9.17, 15) is 13.6 Å². The Kier molecular flexibility index (Phi) is 3.93. The van der Waals surface area contributed by atoms with Crippen molar-refractivity contribution >= 4 is 5.91 Å². The van der Waals surface area contributed by atoms with Gasteiger partial charge in [0.05, 0.1) is 5.56 Å². The summed E-state index contributed by atoms with van der Waals surface area (Å²) in [6.45, 7) is 4.87. The highest BCUT2D eigenvalue weighted by Crippen LogP contribution is 2.28. The average Bonchev–Trinajstić information content (AvgIpc) is 2.81. The molecule has 2 saturated heterocycles. The number of nitrogens with one attached hydrogen (secondary N) is 1. The van der Waals surface area contributed by atoms with E-state index in [0.717, 1.165) is 32.0 Å². The monoisotopic (exact) mass is 294 g/mol. The molecule has 3 nitrogen and oxygen atoms in total. The molecule has 0 unspecified atom stereocenters. The quantitative estimate of drug-likeness (QED) is 0.862. The molecule has 1 aromatic rings. The number of carbonyl (C=O) groups is 1. The first kappa shape index (κ1) is 14.4. The molecule has 1 amide bonds. The molecule has 3 rings (SSSR count). The van der Waals surface area contributed by atoms with Gasteiger partial charge in [0.25, 0.3) is 5.91 Å². The highest BCUT2D eigenvalue weighted by Gasteiger charge is 2.32. The Balaban J connectivity index is 1.77. The Bertz CT molecular complexity index is 547. The number of benzene rings is 1. The van der Waals surface area contributed by atoms with Gasteiger partial charge in [0.1, 0.15) is 11.6 Å². The van der Waals surface area contributed by atoms with Gasteiger partial charge in [-0.05, 0) is 56.3 Å². The first-order valence-electron chi connectivity index (χ1n) is 7.52. The number of carbonyl (C=O) groups excluding carboxylic acids is 1. The van der Waals surface area contributed by atoms with Crippen LogP contribution in [0.15, 0.2) is 12.1 Å². The maximum absolute atomic E-state index is 13.9. The molecule has 0 bridgehead atoms. The molecular formula is C16H20F2N2O. The third-order valence-corrected chi connectivity index (χ3v) is 4.79. The van der Waals surface area contributed by atoms with Crippen molar-refractivity contribution in [3.05, 3.63) is 34.9 Å². The average molecular weight is 294 g/mol.